The highest BCUT2D eigenvalue weighted by molar-refractivity contribution is 5.70. The number of rotatable bonds is 40. The van der Waals surface area contributed by atoms with Crippen LogP contribution >= 0.6 is 0 Å². The summed E-state index contributed by atoms with van der Waals surface area (Å²) >= 11 is 0. The van der Waals surface area contributed by atoms with Gasteiger partial charge in [-0.05, 0) is 70.6 Å². The monoisotopic (exact) mass is 800 g/mol. The van der Waals surface area contributed by atoms with Gasteiger partial charge in [0.2, 0.25) is 0 Å². The Hall–Kier alpha value is -2.97. The summed E-state index contributed by atoms with van der Waals surface area (Å²) in [4.78, 5) is 36.9. The molecule has 0 fully saturated rings. The number of unbranched alkanes of at least 4 members (excludes halogenated alkanes) is 17. The third-order valence-corrected chi connectivity index (χ3v) is 9.92. The molecule has 0 bridgehead atoms. The highest BCUT2D eigenvalue weighted by Crippen LogP contribution is 2.14. The molecule has 328 valence electrons. The Kier molecular flexibility index (Phi) is 37.8. The van der Waals surface area contributed by atoms with E-state index in [2.05, 4.69) is 74.6 Å². The highest BCUT2D eigenvalue weighted by atomic mass is 16.6. The van der Waals surface area contributed by atoms with Gasteiger partial charge in [-0.2, -0.15) is 0 Å². The molecule has 0 rings (SSSR count). The average Bonchev–Trinajstić information content (AvgIpc) is 3.17. The van der Waals surface area contributed by atoms with Crippen molar-refractivity contribution in [2.75, 3.05) is 41.0 Å². The fourth-order valence-electron chi connectivity index (χ4n) is 6.37. The number of carboxylic acids is 1. The van der Waals surface area contributed by atoms with Crippen molar-refractivity contribution in [3.05, 3.63) is 60.8 Å². The summed E-state index contributed by atoms with van der Waals surface area (Å²) in [5, 5.41) is 11.6. The zero-order valence-corrected chi connectivity index (χ0v) is 37.2. The molecule has 0 aromatic carbocycles. The SMILES string of the molecule is CC/C=C/C/C=C/C/C=C/CCCCCCC(=O)OCC(COCCC(C(=O)[O-])[N+](C)(C)C)OC(=O)CCCCCCCCCCCC/C=C/C=C/CCCCC. The number of aliphatic carboxylic acids is 1. The molecular formula is C49H85NO7. The molecule has 2 unspecified atom stereocenters. The van der Waals surface area contributed by atoms with Gasteiger partial charge in [-0.1, -0.05) is 152 Å². The fourth-order valence-corrected chi connectivity index (χ4v) is 6.37. The molecule has 0 saturated carbocycles. The molecule has 0 aliphatic carbocycles. The predicted octanol–water partition coefficient (Wildman–Crippen LogP) is 11.2. The number of allylic oxidation sites excluding steroid dienone is 10. The van der Waals surface area contributed by atoms with Crippen LogP contribution in [0.5, 0.6) is 0 Å². The number of nitrogens with zero attached hydrogens (tertiary/aromatic N) is 1. The van der Waals surface area contributed by atoms with Gasteiger partial charge in [-0.3, -0.25) is 9.59 Å². The maximum Gasteiger partial charge on any atom is 0.306 e. The van der Waals surface area contributed by atoms with Crippen LogP contribution in [0.3, 0.4) is 0 Å². The molecule has 0 amide bonds. The van der Waals surface area contributed by atoms with Crippen molar-refractivity contribution in [3.63, 3.8) is 0 Å². The van der Waals surface area contributed by atoms with E-state index in [0.717, 1.165) is 70.6 Å². The smallest absolute Gasteiger partial charge is 0.306 e. The number of carbonyl (C=O) groups is 3. The third-order valence-electron chi connectivity index (χ3n) is 9.92. The van der Waals surface area contributed by atoms with E-state index in [1.807, 2.05) is 0 Å². The van der Waals surface area contributed by atoms with Gasteiger partial charge >= 0.3 is 11.9 Å². The van der Waals surface area contributed by atoms with Crippen molar-refractivity contribution >= 4 is 17.9 Å². The summed E-state index contributed by atoms with van der Waals surface area (Å²) in [5.74, 6) is -1.77. The van der Waals surface area contributed by atoms with Gasteiger partial charge in [0.25, 0.3) is 0 Å². The van der Waals surface area contributed by atoms with Crippen LogP contribution in [0.25, 0.3) is 0 Å². The molecule has 0 radical (unpaired) electrons. The van der Waals surface area contributed by atoms with Crippen molar-refractivity contribution in [2.45, 2.75) is 193 Å². The summed E-state index contributed by atoms with van der Waals surface area (Å²) in [6.07, 6.45) is 48.1. The van der Waals surface area contributed by atoms with Crippen LogP contribution in [0.2, 0.25) is 0 Å². The molecule has 0 heterocycles. The van der Waals surface area contributed by atoms with Gasteiger partial charge in [-0.15, -0.1) is 0 Å². The molecule has 0 aliphatic heterocycles. The first kappa shape index (κ1) is 54.0. The molecule has 0 spiro atoms. The number of quaternary nitrogens is 1. The second-order valence-electron chi connectivity index (χ2n) is 16.3. The summed E-state index contributed by atoms with van der Waals surface area (Å²) < 4.78 is 17.2. The number of hydrogen-bond donors (Lipinski definition) is 0. The lowest BCUT2D eigenvalue weighted by Gasteiger charge is -2.34. The van der Waals surface area contributed by atoms with Gasteiger partial charge in [0.15, 0.2) is 6.10 Å². The number of likely N-dealkylation sites (N-methyl/N-ethyl adjacent to an activating group) is 1. The topological polar surface area (TPSA) is 102 Å². The van der Waals surface area contributed by atoms with Crippen molar-refractivity contribution < 1.29 is 38.2 Å². The van der Waals surface area contributed by atoms with E-state index in [4.69, 9.17) is 14.2 Å². The van der Waals surface area contributed by atoms with Crippen LogP contribution in [0.15, 0.2) is 60.8 Å². The van der Waals surface area contributed by atoms with Gasteiger partial charge < -0.3 is 28.6 Å². The normalized spacial score (nSPS) is 13.5. The minimum absolute atomic E-state index is 0.0301. The predicted molar refractivity (Wildman–Crippen MR) is 236 cm³/mol. The van der Waals surface area contributed by atoms with Gasteiger partial charge in [0.05, 0.1) is 40.3 Å². The van der Waals surface area contributed by atoms with Gasteiger partial charge in [0.1, 0.15) is 12.6 Å². The Bertz CT molecular complexity index is 1120. The molecule has 0 N–H and O–H groups in total. The highest BCUT2D eigenvalue weighted by Gasteiger charge is 2.25. The van der Waals surface area contributed by atoms with Crippen LogP contribution in [0.1, 0.15) is 181 Å². The number of carboxylic acid groups (broad SMARTS) is 1. The first-order chi connectivity index (χ1) is 27.6. The molecule has 2 atom stereocenters. The fraction of sp³-hybridized carbons (Fsp3) is 0.735. The van der Waals surface area contributed by atoms with Crippen molar-refractivity contribution in [2.24, 2.45) is 0 Å². The largest absolute Gasteiger partial charge is 0.544 e. The first-order valence-corrected chi connectivity index (χ1v) is 22.8. The summed E-state index contributed by atoms with van der Waals surface area (Å²) in [7, 11) is 5.40. The molecule has 0 aliphatic rings. The van der Waals surface area contributed by atoms with Crippen LogP contribution in [0, 0.1) is 0 Å². The Balaban J connectivity index is 4.34. The standard InChI is InChI=1S/C49H85NO7/c1-6-8-10-12-14-16-18-20-22-23-24-25-26-28-30-32-34-36-38-40-48(52)57-45(43-55-42-41-46(49(53)54)50(3,4)5)44-56-47(51)39-37-35-33-31-29-27-21-19-17-15-13-11-9-7-2/h9,11,14-18,20-21,27,45-46H,6-8,10,12-13,19,22-26,28-44H2,1-5H3/b11-9+,16-14+,17-15+,20-18+,27-21+. The lowest BCUT2D eigenvalue weighted by Crippen LogP contribution is -2.55. The third kappa shape index (κ3) is 38.3. The van der Waals surface area contributed by atoms with E-state index < -0.39 is 18.1 Å². The Morgan fingerprint density at radius 1 is 0.561 bits per heavy atom. The Labute approximate surface area is 349 Å². The summed E-state index contributed by atoms with van der Waals surface area (Å²) in [6.45, 7) is 4.49. The first-order valence-electron chi connectivity index (χ1n) is 22.8. The Morgan fingerprint density at radius 3 is 1.56 bits per heavy atom. The van der Waals surface area contributed by atoms with Crippen LogP contribution in [-0.4, -0.2) is 75.5 Å². The van der Waals surface area contributed by atoms with Crippen LogP contribution in [0.4, 0.5) is 0 Å². The molecular weight excluding hydrogens is 715 g/mol. The maximum atomic E-state index is 12.7. The summed E-state index contributed by atoms with van der Waals surface area (Å²) in [6, 6.07) is -0.731. The lowest BCUT2D eigenvalue weighted by molar-refractivity contribution is -0.889. The molecule has 0 saturated heterocycles. The van der Waals surface area contributed by atoms with Crippen LogP contribution < -0.4 is 5.11 Å². The molecule has 57 heavy (non-hydrogen) atoms. The molecule has 0 aromatic rings. The molecule has 8 nitrogen and oxygen atoms in total. The molecule has 8 heteroatoms. The van der Waals surface area contributed by atoms with E-state index in [0.29, 0.717) is 12.8 Å². The zero-order chi connectivity index (χ0) is 42.1. The number of carbonyl (C=O) groups excluding carboxylic acids is 3. The number of hydrogen-bond acceptors (Lipinski definition) is 7. The average molecular weight is 800 g/mol. The minimum Gasteiger partial charge on any atom is -0.544 e. The minimum atomic E-state index is -1.13. The van der Waals surface area contributed by atoms with E-state index in [9.17, 15) is 19.5 Å². The number of esters is 2. The van der Waals surface area contributed by atoms with Gasteiger partial charge in [-0.25, -0.2) is 0 Å². The molecule has 0 aromatic heterocycles. The van der Waals surface area contributed by atoms with E-state index in [1.165, 1.54) is 77.0 Å². The maximum absolute atomic E-state index is 12.7. The van der Waals surface area contributed by atoms with E-state index >= 15 is 0 Å². The van der Waals surface area contributed by atoms with Gasteiger partial charge in [0, 0.05) is 19.3 Å². The van der Waals surface area contributed by atoms with Crippen molar-refractivity contribution in [1.29, 1.82) is 0 Å². The Morgan fingerprint density at radius 2 is 1.04 bits per heavy atom. The number of ether oxygens (including phenoxy) is 3. The van der Waals surface area contributed by atoms with E-state index in [1.54, 1.807) is 21.1 Å². The lowest BCUT2D eigenvalue weighted by atomic mass is 10.1. The quantitative estimate of drug-likeness (QED) is 0.0200. The zero-order valence-electron chi connectivity index (χ0n) is 37.2. The van der Waals surface area contributed by atoms with Crippen LogP contribution in [-0.2, 0) is 28.6 Å². The van der Waals surface area contributed by atoms with Crippen molar-refractivity contribution in [3.8, 4) is 0 Å². The second kappa shape index (κ2) is 39.8. The second-order valence-corrected chi connectivity index (χ2v) is 16.3. The van der Waals surface area contributed by atoms with E-state index in [-0.39, 0.29) is 42.7 Å². The summed E-state index contributed by atoms with van der Waals surface area (Å²) in [5.41, 5.74) is 0. The van der Waals surface area contributed by atoms with Crippen molar-refractivity contribution in [1.82, 2.24) is 0 Å².